The fourth-order valence-electron chi connectivity index (χ4n) is 3.93. The molecule has 2 aromatic carbocycles. The largest absolute Gasteiger partial charge is 0.462 e. The molecule has 3 heterocycles. The molecule has 0 unspecified atom stereocenters. The van der Waals surface area contributed by atoms with Gasteiger partial charge >= 0.3 is 5.97 Å². The number of nitrogens with zero attached hydrogens (tertiary/aromatic N) is 1. The number of nitrogens with one attached hydrogen (secondary N) is 1. The average Bonchev–Trinajstić information content (AvgIpc) is 3.50. The van der Waals surface area contributed by atoms with Gasteiger partial charge in [-0.05, 0) is 55.8 Å². The number of benzene rings is 2. The lowest BCUT2D eigenvalue weighted by Crippen LogP contribution is -2.15. The molecule has 5 rings (SSSR count). The highest BCUT2D eigenvalue weighted by Gasteiger charge is 2.24. The molecule has 0 radical (unpaired) electrons. The summed E-state index contributed by atoms with van der Waals surface area (Å²) in [6.07, 6.45) is 0. The number of rotatable bonds is 6. The van der Waals surface area contributed by atoms with Gasteiger partial charge in [0, 0.05) is 21.2 Å². The summed E-state index contributed by atoms with van der Waals surface area (Å²) in [5.74, 6) is -1.29. The number of carbonyl (C=O) groups excluding carboxylic acids is 2. The van der Waals surface area contributed by atoms with Crippen LogP contribution in [0.3, 0.4) is 0 Å². The van der Waals surface area contributed by atoms with Crippen molar-refractivity contribution in [2.75, 3.05) is 11.9 Å². The molecule has 3 aromatic heterocycles. The lowest BCUT2D eigenvalue weighted by molar-refractivity contribution is 0.0529. The van der Waals surface area contributed by atoms with Gasteiger partial charge in [0.2, 0.25) is 0 Å². The van der Waals surface area contributed by atoms with Gasteiger partial charge in [0.1, 0.15) is 16.4 Å². The summed E-state index contributed by atoms with van der Waals surface area (Å²) in [6, 6.07) is 19.1. The molecule has 0 saturated carbocycles. The molecule has 0 fully saturated rings. The van der Waals surface area contributed by atoms with E-state index in [1.165, 1.54) is 23.5 Å². The Morgan fingerprint density at radius 2 is 1.83 bits per heavy atom. The lowest BCUT2D eigenvalue weighted by Gasteiger charge is -2.11. The number of halogens is 1. The molecule has 5 nitrogen and oxygen atoms in total. The van der Waals surface area contributed by atoms with Crippen LogP contribution in [-0.4, -0.2) is 23.5 Å². The van der Waals surface area contributed by atoms with Crippen LogP contribution in [0.25, 0.3) is 32.6 Å². The Bertz CT molecular complexity index is 1590. The normalized spacial score (nSPS) is 11.0. The Morgan fingerprint density at radius 3 is 2.56 bits per heavy atom. The van der Waals surface area contributed by atoms with E-state index >= 15 is 0 Å². The van der Waals surface area contributed by atoms with Gasteiger partial charge in [-0.25, -0.2) is 14.2 Å². The number of anilines is 1. The molecule has 36 heavy (non-hydrogen) atoms. The quantitative estimate of drug-likeness (QED) is 0.236. The number of hydrogen-bond acceptors (Lipinski definition) is 6. The van der Waals surface area contributed by atoms with Crippen molar-refractivity contribution in [2.45, 2.75) is 13.8 Å². The zero-order valence-electron chi connectivity index (χ0n) is 19.5. The lowest BCUT2D eigenvalue weighted by atomic mass is 10.0. The number of hydrogen-bond donors (Lipinski definition) is 1. The van der Waals surface area contributed by atoms with Crippen LogP contribution in [-0.2, 0) is 4.74 Å². The minimum absolute atomic E-state index is 0.184. The monoisotopic (exact) mass is 516 g/mol. The van der Waals surface area contributed by atoms with E-state index in [1.54, 1.807) is 41.8 Å². The number of ether oxygens (including phenoxy) is 1. The molecular formula is C28H21FN2O3S2. The molecule has 180 valence electrons. The summed E-state index contributed by atoms with van der Waals surface area (Å²) in [5.41, 5.74) is 3.34. The van der Waals surface area contributed by atoms with Crippen molar-refractivity contribution in [3.8, 4) is 21.7 Å². The zero-order chi connectivity index (χ0) is 25.2. The third kappa shape index (κ3) is 4.65. The second-order valence-electron chi connectivity index (χ2n) is 8.02. The number of para-hydroxylation sites is 1. The highest BCUT2D eigenvalue weighted by Crippen LogP contribution is 2.37. The van der Waals surface area contributed by atoms with E-state index in [-0.39, 0.29) is 23.9 Å². The minimum Gasteiger partial charge on any atom is -0.462 e. The number of esters is 1. The standard InChI is InChI=1S/C28H21FN2O3S2/c1-3-34-28(33)25-21(17-9-11-18(29)12-10-17)15-35-27(25)31-26(32)20-14-23(24-13-8-16(2)36-24)30-22-7-5-4-6-19(20)22/h4-15H,3H2,1-2H3,(H,31,32). The van der Waals surface area contributed by atoms with E-state index in [9.17, 15) is 14.0 Å². The molecule has 8 heteroatoms. The number of carbonyl (C=O) groups is 2. The van der Waals surface area contributed by atoms with Crippen molar-refractivity contribution in [3.05, 3.63) is 93.9 Å². The van der Waals surface area contributed by atoms with Crippen LogP contribution in [0.5, 0.6) is 0 Å². The molecule has 0 aliphatic heterocycles. The Morgan fingerprint density at radius 1 is 1.06 bits per heavy atom. The minimum atomic E-state index is -0.553. The first-order valence-corrected chi connectivity index (χ1v) is 13.0. The second kappa shape index (κ2) is 10.0. The molecular weight excluding hydrogens is 495 g/mol. The van der Waals surface area contributed by atoms with Crippen molar-refractivity contribution in [2.24, 2.45) is 0 Å². The summed E-state index contributed by atoms with van der Waals surface area (Å²) < 4.78 is 18.8. The van der Waals surface area contributed by atoms with Gasteiger partial charge in [0.15, 0.2) is 0 Å². The number of pyridine rings is 1. The summed E-state index contributed by atoms with van der Waals surface area (Å²) >= 11 is 2.83. The van der Waals surface area contributed by atoms with Gasteiger partial charge in [0.05, 0.1) is 28.3 Å². The van der Waals surface area contributed by atoms with E-state index < -0.39 is 5.97 Å². The van der Waals surface area contributed by atoms with Crippen molar-refractivity contribution in [3.63, 3.8) is 0 Å². The summed E-state index contributed by atoms with van der Waals surface area (Å²) in [4.78, 5) is 33.4. The molecule has 0 aliphatic carbocycles. The summed E-state index contributed by atoms with van der Waals surface area (Å²) in [5, 5.41) is 5.76. The average molecular weight is 517 g/mol. The van der Waals surface area contributed by atoms with Crippen LogP contribution in [0.2, 0.25) is 0 Å². The fraction of sp³-hybridized carbons (Fsp3) is 0.107. The van der Waals surface area contributed by atoms with E-state index in [2.05, 4.69) is 5.32 Å². The fourth-order valence-corrected chi connectivity index (χ4v) is 5.71. The van der Waals surface area contributed by atoms with E-state index in [0.29, 0.717) is 38.3 Å². The van der Waals surface area contributed by atoms with Gasteiger partial charge < -0.3 is 10.1 Å². The molecule has 0 aliphatic rings. The first kappa shape index (κ1) is 23.8. The van der Waals surface area contributed by atoms with Crippen LogP contribution < -0.4 is 5.32 Å². The number of aryl methyl sites for hydroxylation is 1. The van der Waals surface area contributed by atoms with Crippen molar-refractivity contribution in [1.82, 2.24) is 4.98 Å². The maximum absolute atomic E-state index is 13.6. The first-order valence-electron chi connectivity index (χ1n) is 11.3. The molecule has 1 N–H and O–H groups in total. The highest BCUT2D eigenvalue weighted by molar-refractivity contribution is 7.15. The Hall–Kier alpha value is -3.88. The highest BCUT2D eigenvalue weighted by atomic mass is 32.1. The first-order chi connectivity index (χ1) is 17.4. The van der Waals surface area contributed by atoms with E-state index in [4.69, 9.17) is 9.72 Å². The Labute approximate surface area is 215 Å². The van der Waals surface area contributed by atoms with E-state index in [0.717, 1.165) is 9.75 Å². The zero-order valence-corrected chi connectivity index (χ0v) is 21.1. The molecule has 1 amide bonds. The van der Waals surface area contributed by atoms with Crippen LogP contribution in [0.1, 0.15) is 32.5 Å². The predicted molar refractivity (Wildman–Crippen MR) is 143 cm³/mol. The van der Waals surface area contributed by atoms with Gasteiger partial charge in [-0.3, -0.25) is 4.79 Å². The molecule has 0 bridgehead atoms. The molecule has 0 atom stereocenters. The number of amides is 1. The summed E-state index contributed by atoms with van der Waals surface area (Å²) in [6.45, 7) is 3.93. The Kier molecular flexibility index (Phi) is 6.63. The maximum atomic E-state index is 13.6. The Balaban J connectivity index is 1.57. The van der Waals surface area contributed by atoms with Crippen LogP contribution in [0, 0.1) is 12.7 Å². The number of fused-ring (bicyclic) bond motifs is 1. The van der Waals surface area contributed by atoms with E-state index in [1.807, 2.05) is 43.3 Å². The second-order valence-corrected chi connectivity index (χ2v) is 10.2. The predicted octanol–water partition coefficient (Wildman–Crippen LogP) is 7.57. The van der Waals surface area contributed by atoms with Crippen LogP contribution in [0.4, 0.5) is 9.39 Å². The van der Waals surface area contributed by atoms with Crippen LogP contribution in [0.15, 0.2) is 72.1 Å². The van der Waals surface area contributed by atoms with Crippen LogP contribution >= 0.6 is 22.7 Å². The topological polar surface area (TPSA) is 68.3 Å². The third-order valence-electron chi connectivity index (χ3n) is 5.61. The van der Waals surface area contributed by atoms with Crippen molar-refractivity contribution < 1.29 is 18.7 Å². The van der Waals surface area contributed by atoms with Gasteiger partial charge in [-0.15, -0.1) is 22.7 Å². The maximum Gasteiger partial charge on any atom is 0.341 e. The van der Waals surface area contributed by atoms with Gasteiger partial charge in [0.25, 0.3) is 5.91 Å². The smallest absolute Gasteiger partial charge is 0.341 e. The SMILES string of the molecule is CCOC(=O)c1c(-c2ccc(F)cc2)csc1NC(=O)c1cc(-c2ccc(C)s2)nc2ccccc12. The van der Waals surface area contributed by atoms with Crippen molar-refractivity contribution in [1.29, 1.82) is 0 Å². The molecule has 0 spiro atoms. The van der Waals surface area contributed by atoms with Gasteiger partial charge in [-0.2, -0.15) is 0 Å². The molecule has 5 aromatic rings. The van der Waals surface area contributed by atoms with Gasteiger partial charge in [-0.1, -0.05) is 30.3 Å². The number of thiophene rings is 2. The number of aromatic nitrogens is 1. The summed E-state index contributed by atoms with van der Waals surface area (Å²) in [7, 11) is 0. The third-order valence-corrected chi connectivity index (χ3v) is 7.53. The molecule has 0 saturated heterocycles. The van der Waals surface area contributed by atoms with Crippen molar-refractivity contribution >= 4 is 50.5 Å².